The number of thiocarbonyl (C=S) groups is 1. The molecule has 1 amide bonds. The van der Waals surface area contributed by atoms with Crippen molar-refractivity contribution >= 4 is 56.2 Å². The van der Waals surface area contributed by atoms with Gasteiger partial charge in [-0.25, -0.2) is 0 Å². The number of nitrogens with zero attached hydrogens (tertiary/aromatic N) is 1. The van der Waals surface area contributed by atoms with Crippen LogP contribution in [-0.2, 0) is 4.79 Å². The van der Waals surface area contributed by atoms with Gasteiger partial charge in [-0.15, -0.1) is 0 Å². The van der Waals surface area contributed by atoms with Gasteiger partial charge in [0, 0.05) is 6.54 Å². The summed E-state index contributed by atoms with van der Waals surface area (Å²) in [4.78, 5) is 14.6. The third-order valence-electron chi connectivity index (χ3n) is 2.87. The first-order valence-electron chi connectivity index (χ1n) is 6.74. The normalized spacial score (nSPS) is 16.9. The Hall–Kier alpha value is -0.850. The number of thioether (sulfide) groups is 1. The minimum atomic E-state index is -0.00291. The van der Waals surface area contributed by atoms with Crippen LogP contribution in [0.4, 0.5) is 0 Å². The van der Waals surface area contributed by atoms with Gasteiger partial charge < -0.3 is 4.74 Å². The van der Waals surface area contributed by atoms with Crippen LogP contribution in [0.1, 0.15) is 25.8 Å². The number of benzene rings is 1. The molecule has 0 radical (unpaired) electrons. The van der Waals surface area contributed by atoms with E-state index in [1.165, 1.54) is 11.8 Å². The zero-order chi connectivity index (χ0) is 15.4. The summed E-state index contributed by atoms with van der Waals surface area (Å²) in [5, 5.41) is 0. The molecule has 0 unspecified atom stereocenters. The van der Waals surface area contributed by atoms with Crippen LogP contribution in [0.5, 0.6) is 5.75 Å². The number of hydrogen-bond donors (Lipinski definition) is 0. The van der Waals surface area contributed by atoms with Crippen LogP contribution < -0.4 is 4.74 Å². The molecule has 0 bridgehead atoms. The lowest BCUT2D eigenvalue weighted by atomic mass is 10.2. The predicted molar refractivity (Wildman–Crippen MR) is 95.5 cm³/mol. The Kier molecular flexibility index (Phi) is 5.84. The Balaban J connectivity index is 2.22. The topological polar surface area (TPSA) is 29.5 Å². The highest BCUT2D eigenvalue weighted by Crippen LogP contribution is 2.34. The molecule has 1 heterocycles. The van der Waals surface area contributed by atoms with Crippen molar-refractivity contribution in [2.75, 3.05) is 13.2 Å². The van der Waals surface area contributed by atoms with Crippen LogP contribution in [0.25, 0.3) is 6.08 Å². The quantitative estimate of drug-likeness (QED) is 0.552. The molecule has 112 valence electrons. The molecule has 1 aromatic carbocycles. The maximum Gasteiger partial charge on any atom is 0.266 e. The van der Waals surface area contributed by atoms with Gasteiger partial charge in [-0.1, -0.05) is 37.0 Å². The van der Waals surface area contributed by atoms with Gasteiger partial charge in [0.2, 0.25) is 0 Å². The first-order valence-corrected chi connectivity index (χ1v) is 8.76. The number of rotatable bonds is 5. The molecule has 0 N–H and O–H groups in total. The Morgan fingerprint density at radius 1 is 1.43 bits per heavy atom. The standard InChI is InChI=1S/C15H16BrNO2S2/c1-3-7-17-14(18)13(21-15(17)20)9-10-5-6-12(19-4-2)11(16)8-10/h5-6,8-9H,3-4,7H2,1-2H3/b13-9+. The molecule has 1 saturated heterocycles. The molecule has 0 aromatic heterocycles. The Morgan fingerprint density at radius 2 is 2.19 bits per heavy atom. The van der Waals surface area contributed by atoms with Crippen LogP contribution >= 0.6 is 39.9 Å². The molecule has 21 heavy (non-hydrogen) atoms. The zero-order valence-electron chi connectivity index (χ0n) is 11.9. The van der Waals surface area contributed by atoms with Crippen molar-refractivity contribution < 1.29 is 9.53 Å². The van der Waals surface area contributed by atoms with Crippen LogP contribution in [0, 0.1) is 0 Å². The first kappa shape index (κ1) is 16.5. The summed E-state index contributed by atoms with van der Waals surface area (Å²) < 4.78 is 6.99. The van der Waals surface area contributed by atoms with Crippen molar-refractivity contribution in [3.05, 3.63) is 33.1 Å². The molecule has 1 fully saturated rings. The minimum Gasteiger partial charge on any atom is -0.493 e. The van der Waals surface area contributed by atoms with E-state index in [4.69, 9.17) is 17.0 Å². The highest BCUT2D eigenvalue weighted by atomic mass is 79.9. The van der Waals surface area contributed by atoms with Crippen LogP contribution in [0.2, 0.25) is 0 Å². The zero-order valence-corrected chi connectivity index (χ0v) is 15.1. The van der Waals surface area contributed by atoms with Gasteiger partial charge in [-0.2, -0.15) is 0 Å². The SMILES string of the molecule is CCCN1C(=O)/C(=C\c2ccc(OCC)c(Br)c2)SC1=S. The molecule has 0 saturated carbocycles. The van der Waals surface area contributed by atoms with Gasteiger partial charge in [0.1, 0.15) is 10.1 Å². The van der Waals surface area contributed by atoms with E-state index in [0.717, 1.165) is 22.2 Å². The van der Waals surface area contributed by atoms with Crippen LogP contribution in [0.15, 0.2) is 27.6 Å². The second-order valence-corrected chi connectivity index (χ2v) is 6.99. The van der Waals surface area contributed by atoms with Crippen molar-refractivity contribution in [2.24, 2.45) is 0 Å². The van der Waals surface area contributed by atoms with Crippen molar-refractivity contribution in [3.8, 4) is 5.75 Å². The summed E-state index contributed by atoms with van der Waals surface area (Å²) in [5.41, 5.74) is 0.947. The van der Waals surface area contributed by atoms with E-state index in [-0.39, 0.29) is 5.91 Å². The fourth-order valence-corrected chi connectivity index (χ4v) is 3.77. The van der Waals surface area contributed by atoms with Crippen LogP contribution in [0.3, 0.4) is 0 Å². The predicted octanol–water partition coefficient (Wildman–Crippen LogP) is 4.46. The third-order valence-corrected chi connectivity index (χ3v) is 4.87. The lowest BCUT2D eigenvalue weighted by Gasteiger charge is -2.12. The molecule has 0 spiro atoms. The Bertz CT molecular complexity index is 601. The molecule has 3 nitrogen and oxygen atoms in total. The minimum absolute atomic E-state index is 0.00291. The highest BCUT2D eigenvalue weighted by Gasteiger charge is 2.31. The number of carbonyl (C=O) groups excluding carboxylic acids is 1. The Morgan fingerprint density at radius 3 is 2.81 bits per heavy atom. The van der Waals surface area contributed by atoms with Gasteiger partial charge in [-0.05, 0) is 53.0 Å². The fraction of sp³-hybridized carbons (Fsp3) is 0.333. The second kappa shape index (κ2) is 7.42. The number of hydrogen-bond acceptors (Lipinski definition) is 4. The van der Waals surface area contributed by atoms with Gasteiger partial charge >= 0.3 is 0 Å². The van der Waals surface area contributed by atoms with Gasteiger partial charge in [0.15, 0.2) is 0 Å². The summed E-state index contributed by atoms with van der Waals surface area (Å²) in [6.07, 6.45) is 2.77. The van der Waals surface area contributed by atoms with E-state index in [1.54, 1.807) is 4.90 Å². The maximum atomic E-state index is 12.3. The largest absolute Gasteiger partial charge is 0.493 e. The monoisotopic (exact) mass is 385 g/mol. The van der Waals surface area contributed by atoms with E-state index < -0.39 is 0 Å². The van der Waals surface area contributed by atoms with E-state index in [1.807, 2.05) is 38.1 Å². The van der Waals surface area contributed by atoms with Crippen LogP contribution in [-0.4, -0.2) is 28.3 Å². The van der Waals surface area contributed by atoms with Crippen molar-refractivity contribution in [1.82, 2.24) is 4.90 Å². The van der Waals surface area contributed by atoms with E-state index in [9.17, 15) is 4.79 Å². The smallest absolute Gasteiger partial charge is 0.266 e. The van der Waals surface area contributed by atoms with Gasteiger partial charge in [-0.3, -0.25) is 9.69 Å². The molecule has 0 atom stereocenters. The average Bonchev–Trinajstić information content (AvgIpc) is 2.70. The molecule has 1 aromatic rings. The lowest BCUT2D eigenvalue weighted by molar-refractivity contribution is -0.122. The van der Waals surface area contributed by atoms with E-state index >= 15 is 0 Å². The molecule has 1 aliphatic heterocycles. The summed E-state index contributed by atoms with van der Waals surface area (Å²) in [6, 6.07) is 5.77. The van der Waals surface area contributed by atoms with E-state index in [2.05, 4.69) is 15.9 Å². The molecule has 1 aliphatic rings. The molecular weight excluding hydrogens is 370 g/mol. The fourth-order valence-electron chi connectivity index (χ4n) is 1.95. The first-order chi connectivity index (χ1) is 10.1. The number of carbonyl (C=O) groups is 1. The summed E-state index contributed by atoms with van der Waals surface area (Å²) in [6.45, 7) is 5.27. The number of ether oxygens (including phenoxy) is 1. The van der Waals surface area contributed by atoms with Gasteiger partial charge in [0.25, 0.3) is 5.91 Å². The van der Waals surface area contributed by atoms with Crippen molar-refractivity contribution in [3.63, 3.8) is 0 Å². The maximum absolute atomic E-state index is 12.3. The number of halogens is 1. The van der Waals surface area contributed by atoms with Crippen molar-refractivity contribution in [1.29, 1.82) is 0 Å². The third kappa shape index (κ3) is 3.87. The summed E-state index contributed by atoms with van der Waals surface area (Å²) in [7, 11) is 0. The second-order valence-electron chi connectivity index (χ2n) is 4.46. The molecule has 2 rings (SSSR count). The summed E-state index contributed by atoms with van der Waals surface area (Å²) >= 11 is 10.1. The molecular formula is C15H16BrNO2S2. The number of amides is 1. The average molecular weight is 386 g/mol. The Labute approximate surface area is 142 Å². The van der Waals surface area contributed by atoms with E-state index in [0.29, 0.717) is 22.4 Å². The lowest BCUT2D eigenvalue weighted by Crippen LogP contribution is -2.28. The highest BCUT2D eigenvalue weighted by molar-refractivity contribution is 9.10. The molecule has 6 heteroatoms. The molecule has 0 aliphatic carbocycles. The summed E-state index contributed by atoms with van der Waals surface area (Å²) in [5.74, 6) is 0.796. The van der Waals surface area contributed by atoms with Crippen molar-refractivity contribution in [2.45, 2.75) is 20.3 Å². The van der Waals surface area contributed by atoms with Gasteiger partial charge in [0.05, 0.1) is 16.0 Å².